The Morgan fingerprint density at radius 3 is 2.89 bits per heavy atom. The van der Waals surface area contributed by atoms with E-state index in [2.05, 4.69) is 30.2 Å². The normalized spacial score (nSPS) is 20.3. The minimum atomic E-state index is 0.388. The molecule has 8 nitrogen and oxygen atoms in total. The fraction of sp³-hybridized carbons (Fsp3) is 0.368. The zero-order valence-corrected chi connectivity index (χ0v) is 15.1. The lowest BCUT2D eigenvalue weighted by Gasteiger charge is -2.28. The lowest BCUT2D eigenvalue weighted by Crippen LogP contribution is -2.29. The second kappa shape index (κ2) is 6.62. The number of methoxy groups -OCH3 is 1. The molecule has 1 aliphatic carbocycles. The second-order valence-electron chi connectivity index (χ2n) is 6.99. The highest BCUT2D eigenvalue weighted by molar-refractivity contribution is 5.93. The first kappa shape index (κ1) is 16.2. The number of nitrogens with one attached hydrogen (secondary N) is 2. The van der Waals surface area contributed by atoms with Crippen molar-refractivity contribution in [2.75, 3.05) is 12.4 Å². The quantitative estimate of drug-likeness (QED) is 0.579. The van der Waals surface area contributed by atoms with Crippen LogP contribution >= 0.6 is 0 Å². The molecule has 1 saturated carbocycles. The molecule has 0 radical (unpaired) electrons. The van der Waals surface area contributed by atoms with Gasteiger partial charge in [0.05, 0.1) is 6.10 Å². The topological polar surface area (TPSA) is 93.0 Å². The number of imidazole rings is 1. The van der Waals surface area contributed by atoms with Gasteiger partial charge < -0.3 is 15.0 Å². The van der Waals surface area contributed by atoms with Crippen molar-refractivity contribution in [3.05, 3.63) is 37.2 Å². The van der Waals surface area contributed by atoms with Gasteiger partial charge in [0.1, 0.15) is 5.65 Å². The molecule has 0 saturated heterocycles. The van der Waals surface area contributed by atoms with Crippen molar-refractivity contribution in [2.24, 2.45) is 0 Å². The molecule has 0 aromatic carbocycles. The summed E-state index contributed by atoms with van der Waals surface area (Å²) in [6, 6.07) is 0.399. The van der Waals surface area contributed by atoms with Crippen LogP contribution in [0.15, 0.2) is 37.2 Å². The summed E-state index contributed by atoms with van der Waals surface area (Å²) in [6.07, 6.45) is 16.0. The Bertz CT molecular complexity index is 1080. The summed E-state index contributed by atoms with van der Waals surface area (Å²) in [5.41, 5.74) is 2.84. The maximum absolute atomic E-state index is 5.44. The second-order valence-corrected chi connectivity index (χ2v) is 6.99. The van der Waals surface area contributed by atoms with Crippen molar-refractivity contribution in [1.29, 1.82) is 0 Å². The van der Waals surface area contributed by atoms with E-state index in [1.807, 2.05) is 35.4 Å². The number of rotatable bonds is 4. The van der Waals surface area contributed by atoms with Crippen LogP contribution in [0.25, 0.3) is 27.9 Å². The molecule has 8 heteroatoms. The average molecular weight is 363 g/mol. The predicted molar refractivity (Wildman–Crippen MR) is 103 cm³/mol. The summed E-state index contributed by atoms with van der Waals surface area (Å²) < 4.78 is 7.34. The van der Waals surface area contributed by atoms with E-state index in [-0.39, 0.29) is 0 Å². The Hall–Kier alpha value is -3.00. The minimum absolute atomic E-state index is 0.388. The molecule has 138 valence electrons. The van der Waals surface area contributed by atoms with Crippen LogP contribution in [0.5, 0.6) is 0 Å². The molecule has 5 rings (SSSR count). The molecule has 4 heterocycles. The lowest BCUT2D eigenvalue weighted by atomic mass is 9.93. The molecule has 1 fully saturated rings. The summed E-state index contributed by atoms with van der Waals surface area (Å²) in [5.74, 6) is 1.35. The van der Waals surface area contributed by atoms with Crippen LogP contribution in [-0.2, 0) is 4.74 Å². The van der Waals surface area contributed by atoms with E-state index in [0.717, 1.165) is 47.8 Å². The minimum Gasteiger partial charge on any atom is -0.381 e. The number of H-pyrrole nitrogens is 1. The van der Waals surface area contributed by atoms with Gasteiger partial charge in [-0.05, 0) is 25.7 Å². The number of hydrogen-bond acceptors (Lipinski definition) is 6. The number of hydrogen-bond donors (Lipinski definition) is 2. The van der Waals surface area contributed by atoms with E-state index in [1.54, 1.807) is 13.3 Å². The fourth-order valence-electron chi connectivity index (χ4n) is 3.80. The van der Waals surface area contributed by atoms with Gasteiger partial charge in [0.15, 0.2) is 0 Å². The molecule has 0 bridgehead atoms. The van der Waals surface area contributed by atoms with Crippen LogP contribution < -0.4 is 5.32 Å². The van der Waals surface area contributed by atoms with Gasteiger partial charge in [0.25, 0.3) is 0 Å². The molecule has 0 unspecified atom stereocenters. The van der Waals surface area contributed by atoms with Crippen LogP contribution in [0.4, 0.5) is 5.95 Å². The van der Waals surface area contributed by atoms with Crippen molar-refractivity contribution in [2.45, 2.75) is 37.8 Å². The molecular formula is C19H21N7O. The predicted octanol–water partition coefficient (Wildman–Crippen LogP) is 3.04. The summed E-state index contributed by atoms with van der Waals surface area (Å²) in [6.45, 7) is 0. The summed E-state index contributed by atoms with van der Waals surface area (Å²) in [4.78, 5) is 21.0. The molecule has 0 atom stereocenters. The maximum atomic E-state index is 5.44. The first-order valence-electron chi connectivity index (χ1n) is 9.22. The molecule has 2 N–H and O–H groups in total. The van der Waals surface area contributed by atoms with E-state index in [1.165, 1.54) is 0 Å². The van der Waals surface area contributed by atoms with Crippen molar-refractivity contribution >= 4 is 22.8 Å². The number of fused-ring (bicyclic) bond motifs is 2. The lowest BCUT2D eigenvalue weighted by molar-refractivity contribution is 0.0681. The molecule has 4 aromatic rings. The largest absolute Gasteiger partial charge is 0.381 e. The SMILES string of the molecule is COC1CCC(Nc2ncc3c(-c4cnc5nccn5c4)c[nH]c3n2)CC1. The number of ether oxygens (including phenoxy) is 1. The Balaban J connectivity index is 1.39. The van der Waals surface area contributed by atoms with Crippen LogP contribution in [0, 0.1) is 0 Å². The number of anilines is 1. The fourth-order valence-corrected chi connectivity index (χ4v) is 3.80. The van der Waals surface area contributed by atoms with E-state index in [9.17, 15) is 0 Å². The average Bonchev–Trinajstić information content (AvgIpc) is 3.34. The third-order valence-corrected chi connectivity index (χ3v) is 5.33. The van der Waals surface area contributed by atoms with Gasteiger partial charge in [0.2, 0.25) is 11.7 Å². The Morgan fingerprint density at radius 2 is 2.04 bits per heavy atom. The van der Waals surface area contributed by atoms with Gasteiger partial charge in [-0.15, -0.1) is 0 Å². The number of nitrogens with zero attached hydrogens (tertiary/aromatic N) is 5. The van der Waals surface area contributed by atoms with E-state index in [4.69, 9.17) is 4.74 Å². The molecule has 0 spiro atoms. The first-order valence-corrected chi connectivity index (χ1v) is 9.22. The third-order valence-electron chi connectivity index (χ3n) is 5.33. The molecule has 1 aliphatic rings. The van der Waals surface area contributed by atoms with Crippen LogP contribution in [0.2, 0.25) is 0 Å². The molecule has 0 aliphatic heterocycles. The molecular weight excluding hydrogens is 342 g/mol. The van der Waals surface area contributed by atoms with Crippen LogP contribution in [0.1, 0.15) is 25.7 Å². The summed E-state index contributed by atoms with van der Waals surface area (Å²) >= 11 is 0. The van der Waals surface area contributed by atoms with Crippen molar-refractivity contribution in [1.82, 2.24) is 29.3 Å². The van der Waals surface area contributed by atoms with Crippen LogP contribution in [-0.4, -0.2) is 48.6 Å². The Morgan fingerprint density at radius 1 is 1.15 bits per heavy atom. The highest BCUT2D eigenvalue weighted by atomic mass is 16.5. The van der Waals surface area contributed by atoms with Crippen molar-refractivity contribution in [3.63, 3.8) is 0 Å². The smallest absolute Gasteiger partial charge is 0.233 e. The number of aromatic nitrogens is 6. The highest BCUT2D eigenvalue weighted by Gasteiger charge is 2.21. The van der Waals surface area contributed by atoms with Gasteiger partial charge in [-0.1, -0.05) is 0 Å². The summed E-state index contributed by atoms with van der Waals surface area (Å²) in [7, 11) is 1.79. The monoisotopic (exact) mass is 363 g/mol. The molecule has 0 amide bonds. The standard InChI is InChI=1S/C19H21N7O/c1-27-14-4-2-13(3-5-14)24-18-22-10-16-15(9-21-17(16)25-18)12-8-23-19-20-6-7-26(19)11-12/h6-11,13-14H,2-5H2,1H3,(H2,21,22,24,25). The third kappa shape index (κ3) is 3.02. The van der Waals surface area contributed by atoms with Gasteiger partial charge >= 0.3 is 0 Å². The zero-order chi connectivity index (χ0) is 18.2. The van der Waals surface area contributed by atoms with Crippen molar-refractivity contribution in [3.8, 4) is 11.1 Å². The van der Waals surface area contributed by atoms with Gasteiger partial charge in [-0.2, -0.15) is 4.98 Å². The number of aromatic amines is 1. The summed E-state index contributed by atoms with van der Waals surface area (Å²) in [5, 5.41) is 4.44. The zero-order valence-electron chi connectivity index (χ0n) is 15.1. The van der Waals surface area contributed by atoms with E-state index >= 15 is 0 Å². The molecule has 27 heavy (non-hydrogen) atoms. The van der Waals surface area contributed by atoms with Gasteiger partial charge in [0, 0.05) is 66.8 Å². The van der Waals surface area contributed by atoms with Crippen molar-refractivity contribution < 1.29 is 4.74 Å². The Kier molecular flexibility index (Phi) is 3.97. The van der Waals surface area contributed by atoms with E-state index in [0.29, 0.717) is 23.9 Å². The first-order chi connectivity index (χ1) is 13.3. The highest BCUT2D eigenvalue weighted by Crippen LogP contribution is 2.28. The van der Waals surface area contributed by atoms with Gasteiger partial charge in [-0.25, -0.2) is 15.0 Å². The maximum Gasteiger partial charge on any atom is 0.233 e. The molecule has 4 aromatic heterocycles. The van der Waals surface area contributed by atoms with Crippen LogP contribution in [0.3, 0.4) is 0 Å². The van der Waals surface area contributed by atoms with E-state index < -0.39 is 0 Å². The van der Waals surface area contributed by atoms with Gasteiger partial charge in [-0.3, -0.25) is 4.40 Å². The Labute approximate surface area is 156 Å².